The molecule has 156 valence electrons. The minimum Gasteiger partial charge on any atom is -0.381 e. The Morgan fingerprint density at radius 3 is 2.23 bits per heavy atom. The largest absolute Gasteiger partial charge is 0.381 e. The Bertz CT molecular complexity index is 1370. The van der Waals surface area contributed by atoms with Gasteiger partial charge in [0.1, 0.15) is 5.71 Å². The highest BCUT2D eigenvalue weighted by molar-refractivity contribution is 6.15. The third-order valence-electron chi connectivity index (χ3n) is 5.84. The number of aromatic nitrogens is 2. The molecular formula is C22H21N7O2. The van der Waals surface area contributed by atoms with Crippen LogP contribution in [0.15, 0.2) is 70.9 Å². The van der Waals surface area contributed by atoms with Gasteiger partial charge >= 0.3 is 5.54 Å². The minimum atomic E-state index is -1.76. The molecule has 0 saturated carbocycles. The number of benzene rings is 2. The van der Waals surface area contributed by atoms with E-state index in [0.29, 0.717) is 5.71 Å². The first-order valence-electron chi connectivity index (χ1n) is 9.89. The molecule has 9 nitrogen and oxygen atoms in total. The summed E-state index contributed by atoms with van der Waals surface area (Å²) in [5, 5.41) is 14.5. The van der Waals surface area contributed by atoms with Crippen molar-refractivity contribution >= 4 is 33.4 Å². The Labute approximate surface area is 177 Å². The number of nitrogens with one attached hydrogen (secondary N) is 2. The summed E-state index contributed by atoms with van der Waals surface area (Å²) in [5.74, 6) is -0.119. The average Bonchev–Trinajstić information content (AvgIpc) is 3.38. The highest BCUT2D eigenvalue weighted by atomic mass is 16.6. The van der Waals surface area contributed by atoms with Crippen molar-refractivity contribution < 1.29 is 4.92 Å². The van der Waals surface area contributed by atoms with E-state index in [1.807, 2.05) is 60.9 Å². The number of H-pyrrole nitrogens is 2. The lowest BCUT2D eigenvalue weighted by atomic mass is 9.81. The maximum Gasteiger partial charge on any atom is 0.319 e. The van der Waals surface area contributed by atoms with Gasteiger partial charge in [0.25, 0.3) is 0 Å². The number of nitro groups is 1. The van der Waals surface area contributed by atoms with Crippen molar-refractivity contribution in [3.05, 3.63) is 82.2 Å². The Balaban J connectivity index is 1.58. The lowest BCUT2D eigenvalue weighted by Crippen LogP contribution is -2.61. The van der Waals surface area contributed by atoms with Crippen molar-refractivity contribution in [2.75, 3.05) is 0 Å². The van der Waals surface area contributed by atoms with Crippen LogP contribution < -0.4 is 11.5 Å². The van der Waals surface area contributed by atoms with Crippen LogP contribution >= 0.6 is 0 Å². The number of aromatic amines is 2. The second-order valence-corrected chi connectivity index (χ2v) is 7.77. The van der Waals surface area contributed by atoms with Gasteiger partial charge in [-0.15, -0.1) is 0 Å². The predicted molar refractivity (Wildman–Crippen MR) is 121 cm³/mol. The van der Waals surface area contributed by atoms with E-state index >= 15 is 0 Å². The fraction of sp³-hybridized carbons (Fsp3) is 0.182. The van der Waals surface area contributed by atoms with E-state index in [-0.39, 0.29) is 23.6 Å². The van der Waals surface area contributed by atoms with Crippen molar-refractivity contribution in [2.24, 2.45) is 21.5 Å². The van der Waals surface area contributed by atoms with Crippen molar-refractivity contribution in [2.45, 2.75) is 24.7 Å². The third kappa shape index (κ3) is 3.15. The highest BCUT2D eigenvalue weighted by Gasteiger charge is 2.54. The van der Waals surface area contributed by atoms with E-state index in [0.717, 1.165) is 32.9 Å². The van der Waals surface area contributed by atoms with E-state index in [1.165, 1.54) is 0 Å². The van der Waals surface area contributed by atoms with Gasteiger partial charge in [0, 0.05) is 34.8 Å². The lowest BCUT2D eigenvalue weighted by molar-refractivity contribution is -0.526. The highest BCUT2D eigenvalue weighted by Crippen LogP contribution is 2.28. The van der Waals surface area contributed by atoms with E-state index in [9.17, 15) is 10.1 Å². The summed E-state index contributed by atoms with van der Waals surface area (Å²) in [6.07, 6.45) is 3.02. The number of rotatable bonds is 5. The molecule has 1 aliphatic heterocycles. The topological polar surface area (TPSA) is 151 Å². The monoisotopic (exact) mass is 415 g/mol. The van der Waals surface area contributed by atoms with Gasteiger partial charge in [-0.05, 0) is 58.3 Å². The summed E-state index contributed by atoms with van der Waals surface area (Å²) < 4.78 is 0. The van der Waals surface area contributed by atoms with E-state index < -0.39 is 11.8 Å². The SMILES string of the molecule is NC1=NC(N)N=C(Cc2ccc3[nH]ccc3c2)C1(Cc1ccc2[nH]ccc2c1)[N+](=O)[O-]. The van der Waals surface area contributed by atoms with Gasteiger partial charge in [-0.3, -0.25) is 15.8 Å². The molecule has 2 atom stereocenters. The normalized spacial score (nSPS) is 21.3. The van der Waals surface area contributed by atoms with Crippen molar-refractivity contribution in [3.8, 4) is 0 Å². The number of amidine groups is 1. The number of nitrogens with zero attached hydrogens (tertiary/aromatic N) is 3. The molecule has 2 aromatic heterocycles. The molecular weight excluding hydrogens is 394 g/mol. The smallest absolute Gasteiger partial charge is 0.319 e. The number of aliphatic imine (C=N–C) groups is 2. The number of hydrogen-bond acceptors (Lipinski definition) is 6. The Morgan fingerprint density at radius 2 is 1.58 bits per heavy atom. The standard InChI is InChI=1S/C22H21N7O2/c23-20-22(29(30)31,12-14-2-4-18-16(10-14)6-8-26-18)19(27-21(24)28-20)11-13-1-3-17-15(9-13)5-7-25-17/h1-10,21,25-26H,11-12,24H2,(H2,23,28). The minimum absolute atomic E-state index is 0.0361. The van der Waals surface area contributed by atoms with Gasteiger partial charge in [-0.1, -0.05) is 12.1 Å². The molecule has 0 radical (unpaired) electrons. The van der Waals surface area contributed by atoms with Crippen molar-refractivity contribution in [1.82, 2.24) is 9.97 Å². The van der Waals surface area contributed by atoms with Gasteiger partial charge in [0.05, 0.1) is 6.42 Å². The van der Waals surface area contributed by atoms with Gasteiger partial charge in [0.15, 0.2) is 12.1 Å². The van der Waals surface area contributed by atoms with Crippen molar-refractivity contribution in [3.63, 3.8) is 0 Å². The molecule has 9 heteroatoms. The maximum absolute atomic E-state index is 12.5. The summed E-state index contributed by atoms with van der Waals surface area (Å²) in [5.41, 5.74) is 14.3. The fourth-order valence-corrected chi connectivity index (χ4v) is 4.25. The first-order valence-corrected chi connectivity index (χ1v) is 9.89. The third-order valence-corrected chi connectivity index (χ3v) is 5.84. The summed E-state index contributed by atoms with van der Waals surface area (Å²) in [6, 6.07) is 15.4. The lowest BCUT2D eigenvalue weighted by Gasteiger charge is -2.30. The first-order chi connectivity index (χ1) is 15.0. The summed E-state index contributed by atoms with van der Waals surface area (Å²) in [7, 11) is 0. The molecule has 0 fully saturated rings. The van der Waals surface area contributed by atoms with Crippen LogP contribution in [0.5, 0.6) is 0 Å². The number of nitrogens with two attached hydrogens (primary N) is 2. The first kappa shape index (κ1) is 19.0. The fourth-order valence-electron chi connectivity index (χ4n) is 4.25. The van der Waals surface area contributed by atoms with Gasteiger partial charge < -0.3 is 15.7 Å². The second kappa shape index (κ2) is 7.06. The number of fused-ring (bicyclic) bond motifs is 2. The zero-order chi connectivity index (χ0) is 21.6. The molecule has 31 heavy (non-hydrogen) atoms. The molecule has 4 aromatic rings. The molecule has 3 heterocycles. The summed E-state index contributed by atoms with van der Waals surface area (Å²) >= 11 is 0. The average molecular weight is 415 g/mol. The van der Waals surface area contributed by atoms with Crippen LogP contribution in [-0.4, -0.2) is 38.3 Å². The molecule has 0 bridgehead atoms. The zero-order valence-corrected chi connectivity index (χ0v) is 16.6. The molecule has 0 aliphatic carbocycles. The Kier molecular flexibility index (Phi) is 4.33. The van der Waals surface area contributed by atoms with Gasteiger partial charge in [-0.2, -0.15) is 0 Å². The van der Waals surface area contributed by atoms with Crippen LogP contribution in [0.3, 0.4) is 0 Å². The summed E-state index contributed by atoms with van der Waals surface area (Å²) in [4.78, 5) is 26.8. The quantitative estimate of drug-likeness (QED) is 0.292. The molecule has 2 aromatic carbocycles. The zero-order valence-electron chi connectivity index (χ0n) is 16.6. The van der Waals surface area contributed by atoms with E-state index in [2.05, 4.69) is 20.0 Å². The molecule has 5 rings (SSSR count). The Hall–Kier alpha value is -3.98. The predicted octanol–water partition coefficient (Wildman–Crippen LogP) is 2.50. The molecule has 0 amide bonds. The summed E-state index contributed by atoms with van der Waals surface area (Å²) in [6.45, 7) is 0. The van der Waals surface area contributed by atoms with Crippen LogP contribution in [0.4, 0.5) is 0 Å². The van der Waals surface area contributed by atoms with Crippen LogP contribution in [0, 0.1) is 10.1 Å². The van der Waals surface area contributed by atoms with E-state index in [1.54, 1.807) is 0 Å². The second-order valence-electron chi connectivity index (χ2n) is 7.77. The van der Waals surface area contributed by atoms with Gasteiger partial charge in [-0.25, -0.2) is 9.98 Å². The molecule has 1 aliphatic rings. The van der Waals surface area contributed by atoms with Crippen LogP contribution in [0.2, 0.25) is 0 Å². The number of hydrogen-bond donors (Lipinski definition) is 4. The molecule has 0 saturated heterocycles. The molecule has 0 spiro atoms. The van der Waals surface area contributed by atoms with E-state index in [4.69, 9.17) is 11.5 Å². The Morgan fingerprint density at radius 1 is 0.968 bits per heavy atom. The molecule has 6 N–H and O–H groups in total. The van der Waals surface area contributed by atoms with Gasteiger partial charge in [0.2, 0.25) is 0 Å². The molecule has 2 unspecified atom stereocenters. The van der Waals surface area contributed by atoms with Crippen LogP contribution in [0.1, 0.15) is 11.1 Å². The van der Waals surface area contributed by atoms with Crippen LogP contribution in [-0.2, 0) is 12.8 Å². The van der Waals surface area contributed by atoms with Crippen molar-refractivity contribution in [1.29, 1.82) is 0 Å². The van der Waals surface area contributed by atoms with Crippen LogP contribution in [0.25, 0.3) is 21.8 Å². The maximum atomic E-state index is 12.5.